The molecule has 0 radical (unpaired) electrons. The molecule has 1 heterocycles. The van der Waals surface area contributed by atoms with Gasteiger partial charge in [-0.1, -0.05) is 0 Å². The van der Waals surface area contributed by atoms with E-state index in [1.807, 2.05) is 11.9 Å². The molecule has 0 spiro atoms. The topological polar surface area (TPSA) is 82.6 Å². The summed E-state index contributed by atoms with van der Waals surface area (Å²) in [6.07, 6.45) is 5.92. The third kappa shape index (κ3) is 6.65. The van der Waals surface area contributed by atoms with Gasteiger partial charge in [0, 0.05) is 64.9 Å². The van der Waals surface area contributed by atoms with Gasteiger partial charge in [0.2, 0.25) is 15.9 Å². The molecule has 4 rings (SSSR count). The third-order valence-electron chi connectivity index (χ3n) is 8.36. The minimum absolute atomic E-state index is 0.0355. The molecule has 208 valence electrons. The van der Waals surface area contributed by atoms with Crippen LogP contribution in [0.3, 0.4) is 0 Å². The van der Waals surface area contributed by atoms with Crippen LogP contribution >= 0.6 is 0 Å². The second kappa shape index (κ2) is 12.0. The van der Waals surface area contributed by atoms with Crippen LogP contribution in [0.15, 0.2) is 17.0 Å². The molecule has 1 aromatic carbocycles. The summed E-state index contributed by atoms with van der Waals surface area (Å²) in [7, 11) is 1.29. The number of piperazine rings is 1. The summed E-state index contributed by atoms with van der Waals surface area (Å²) in [5.74, 6) is 0.587. The van der Waals surface area contributed by atoms with Crippen molar-refractivity contribution in [2.24, 2.45) is 0 Å². The Balaban J connectivity index is 1.19. The number of nitrogens with zero attached hydrogens (tertiary/aromatic N) is 4. The van der Waals surface area contributed by atoms with E-state index >= 15 is 0 Å². The lowest BCUT2D eigenvalue weighted by atomic mass is 10.1. The van der Waals surface area contributed by atoms with Gasteiger partial charge in [-0.2, -0.15) is 4.31 Å². The Morgan fingerprint density at radius 3 is 2.11 bits per heavy atom. The molecular weight excluding hydrogens is 492 g/mol. The number of benzene rings is 1. The van der Waals surface area contributed by atoms with Crippen LogP contribution in [-0.2, 0) is 19.6 Å². The fourth-order valence-electron chi connectivity index (χ4n) is 5.89. The van der Waals surface area contributed by atoms with Crippen molar-refractivity contribution in [3.63, 3.8) is 0 Å². The monoisotopic (exact) mass is 536 g/mol. The van der Waals surface area contributed by atoms with Crippen molar-refractivity contribution in [2.45, 2.75) is 69.0 Å². The quantitative estimate of drug-likeness (QED) is 0.401. The number of rotatable bonds is 11. The highest BCUT2D eigenvalue weighted by molar-refractivity contribution is 7.89. The van der Waals surface area contributed by atoms with Gasteiger partial charge in [-0.3, -0.25) is 14.6 Å². The minimum atomic E-state index is -3.68. The number of amides is 1. The summed E-state index contributed by atoms with van der Waals surface area (Å²) in [4.78, 5) is 20.2. The average molecular weight is 537 g/mol. The highest BCUT2D eigenvalue weighted by atomic mass is 32.2. The number of carbonyl (C=O) groups is 1. The second-order valence-electron chi connectivity index (χ2n) is 10.9. The number of likely N-dealkylation sites (N-methyl/N-ethyl adjacent to an activating group) is 2. The fraction of sp³-hybridized carbons (Fsp3) is 0.741. The zero-order chi connectivity index (χ0) is 26.7. The molecule has 1 amide bonds. The van der Waals surface area contributed by atoms with Gasteiger partial charge >= 0.3 is 0 Å². The number of ether oxygens (including phenoxy) is 2. The summed E-state index contributed by atoms with van der Waals surface area (Å²) >= 11 is 0. The number of methoxy groups -OCH3 is 1. The standard InChI is InChI=1S/C27H44N4O5S/c1-20-16-25(35-5)17-21(2)27(20)37(33,34)28(3)14-15-36-19-26(32)29(4)23-8-9-24(18-23)31-12-10-30(11-13-31)22-6-7-22/h16-17,22-24H,6-15,18-19H2,1-5H3/t23-,24+/m1/s1. The summed E-state index contributed by atoms with van der Waals surface area (Å²) < 4.78 is 38.4. The van der Waals surface area contributed by atoms with E-state index in [2.05, 4.69) is 9.80 Å². The zero-order valence-corrected chi connectivity index (χ0v) is 23.9. The Hall–Kier alpha value is -1.72. The van der Waals surface area contributed by atoms with E-state index in [0.717, 1.165) is 38.4 Å². The molecule has 3 aliphatic rings. The molecule has 0 aromatic heterocycles. The van der Waals surface area contributed by atoms with Crippen molar-refractivity contribution in [1.29, 1.82) is 0 Å². The van der Waals surface area contributed by atoms with Gasteiger partial charge in [-0.05, 0) is 69.2 Å². The molecule has 9 nitrogen and oxygen atoms in total. The molecule has 10 heteroatoms. The smallest absolute Gasteiger partial charge is 0.248 e. The Morgan fingerprint density at radius 2 is 1.54 bits per heavy atom. The summed E-state index contributed by atoms with van der Waals surface area (Å²) in [5.41, 5.74) is 1.28. The summed E-state index contributed by atoms with van der Waals surface area (Å²) in [6.45, 7) is 8.45. The SMILES string of the molecule is COc1cc(C)c(S(=O)(=O)N(C)CCOCC(=O)N(C)[C@@H]2CC[C@H](N3CCN(C4CC4)CC3)C2)c(C)c1. The van der Waals surface area contributed by atoms with E-state index in [4.69, 9.17) is 9.47 Å². The van der Waals surface area contributed by atoms with Gasteiger partial charge < -0.3 is 14.4 Å². The lowest BCUT2D eigenvalue weighted by Gasteiger charge is -2.38. The number of hydrogen-bond donors (Lipinski definition) is 0. The first-order chi connectivity index (χ1) is 17.6. The van der Waals surface area contributed by atoms with Gasteiger partial charge in [0.25, 0.3) is 0 Å². The van der Waals surface area contributed by atoms with Crippen molar-refractivity contribution < 1.29 is 22.7 Å². The summed E-state index contributed by atoms with van der Waals surface area (Å²) in [6, 6.07) is 5.09. The van der Waals surface area contributed by atoms with Crippen molar-refractivity contribution >= 4 is 15.9 Å². The van der Waals surface area contributed by atoms with E-state index in [-0.39, 0.29) is 36.6 Å². The summed E-state index contributed by atoms with van der Waals surface area (Å²) in [5, 5.41) is 0. The second-order valence-corrected chi connectivity index (χ2v) is 12.9. The molecule has 2 saturated carbocycles. The molecule has 0 N–H and O–H groups in total. The van der Waals surface area contributed by atoms with Crippen LogP contribution in [0.2, 0.25) is 0 Å². The number of carbonyl (C=O) groups excluding carboxylic acids is 1. The predicted molar refractivity (Wildman–Crippen MR) is 143 cm³/mol. The molecule has 0 unspecified atom stereocenters. The van der Waals surface area contributed by atoms with Crippen LogP contribution in [0.1, 0.15) is 43.2 Å². The molecule has 2 aliphatic carbocycles. The Morgan fingerprint density at radius 1 is 0.973 bits per heavy atom. The Bertz CT molecular complexity index is 1030. The third-order valence-corrected chi connectivity index (χ3v) is 10.5. The fourth-order valence-corrected chi connectivity index (χ4v) is 7.45. The molecule has 37 heavy (non-hydrogen) atoms. The van der Waals surface area contributed by atoms with Gasteiger partial charge in [0.15, 0.2) is 0 Å². The molecule has 0 bridgehead atoms. The van der Waals surface area contributed by atoms with Crippen LogP contribution in [0, 0.1) is 13.8 Å². The van der Waals surface area contributed by atoms with E-state index in [1.54, 1.807) is 40.1 Å². The van der Waals surface area contributed by atoms with Crippen molar-refractivity contribution in [3.8, 4) is 5.75 Å². The lowest BCUT2D eigenvalue weighted by molar-refractivity contribution is -0.136. The van der Waals surface area contributed by atoms with E-state index in [0.29, 0.717) is 22.9 Å². The van der Waals surface area contributed by atoms with Crippen LogP contribution in [0.4, 0.5) is 0 Å². The highest BCUT2D eigenvalue weighted by Gasteiger charge is 2.37. The first-order valence-corrected chi connectivity index (χ1v) is 15.0. The lowest BCUT2D eigenvalue weighted by Crippen LogP contribution is -2.50. The molecule has 1 saturated heterocycles. The molecular formula is C27H44N4O5S. The maximum absolute atomic E-state index is 13.1. The molecule has 1 aromatic rings. The number of hydrogen-bond acceptors (Lipinski definition) is 7. The number of aryl methyl sites for hydroxylation is 2. The van der Waals surface area contributed by atoms with Gasteiger partial charge in [-0.15, -0.1) is 0 Å². The maximum Gasteiger partial charge on any atom is 0.248 e. The Kier molecular flexibility index (Phi) is 9.17. The van der Waals surface area contributed by atoms with Crippen LogP contribution in [0.25, 0.3) is 0 Å². The maximum atomic E-state index is 13.1. The average Bonchev–Trinajstić information content (AvgIpc) is 3.61. The first-order valence-electron chi connectivity index (χ1n) is 13.5. The molecule has 3 fully saturated rings. The highest BCUT2D eigenvalue weighted by Crippen LogP contribution is 2.31. The Labute approximate surface area is 222 Å². The zero-order valence-electron chi connectivity index (χ0n) is 23.1. The number of sulfonamides is 1. The normalized spacial score (nSPS) is 23.5. The van der Waals surface area contributed by atoms with E-state index in [9.17, 15) is 13.2 Å². The predicted octanol–water partition coefficient (Wildman–Crippen LogP) is 2.11. The van der Waals surface area contributed by atoms with Crippen molar-refractivity contribution in [2.75, 3.05) is 67.1 Å². The minimum Gasteiger partial charge on any atom is -0.497 e. The molecule has 1 aliphatic heterocycles. The van der Waals surface area contributed by atoms with Gasteiger partial charge in [0.05, 0.1) is 18.6 Å². The van der Waals surface area contributed by atoms with Crippen LogP contribution in [0.5, 0.6) is 5.75 Å². The van der Waals surface area contributed by atoms with E-state index < -0.39 is 10.0 Å². The van der Waals surface area contributed by atoms with Crippen LogP contribution < -0.4 is 4.74 Å². The van der Waals surface area contributed by atoms with Crippen molar-refractivity contribution in [3.05, 3.63) is 23.3 Å². The first kappa shape index (κ1) is 28.3. The van der Waals surface area contributed by atoms with Crippen LogP contribution in [-0.4, -0.2) is 119 Å². The van der Waals surface area contributed by atoms with Gasteiger partial charge in [-0.25, -0.2) is 8.42 Å². The largest absolute Gasteiger partial charge is 0.497 e. The van der Waals surface area contributed by atoms with Gasteiger partial charge in [0.1, 0.15) is 12.4 Å². The van der Waals surface area contributed by atoms with Crippen molar-refractivity contribution in [1.82, 2.24) is 19.0 Å². The molecule has 2 atom stereocenters. The van der Waals surface area contributed by atoms with E-state index in [1.165, 1.54) is 30.2 Å².